The normalized spacial score (nSPS) is 36.3. The molecule has 0 amide bonds. The number of nitrogens with zero attached hydrogens (tertiary/aromatic N) is 1. The molecule has 2 nitrogen and oxygen atoms in total. The smallest absolute Gasteiger partial charge is 0.0872 e. The largest absolute Gasteiger partial charge is 0.394 e. The van der Waals surface area contributed by atoms with Gasteiger partial charge in [-0.05, 0) is 31.4 Å². The zero-order chi connectivity index (χ0) is 8.60. The third kappa shape index (κ3) is 1.60. The van der Waals surface area contributed by atoms with Gasteiger partial charge in [0.05, 0.1) is 12.9 Å². The zero-order valence-corrected chi connectivity index (χ0v) is 8.32. The Morgan fingerprint density at radius 2 is 2.38 bits per heavy atom. The summed E-state index contributed by atoms with van der Waals surface area (Å²) in [7, 11) is 0. The van der Waals surface area contributed by atoms with Crippen molar-refractivity contribution in [1.82, 2.24) is 4.90 Å². The van der Waals surface area contributed by atoms with Gasteiger partial charge in [0.2, 0.25) is 0 Å². The van der Waals surface area contributed by atoms with E-state index in [1.165, 1.54) is 0 Å². The predicted molar refractivity (Wildman–Crippen MR) is 51.7 cm³/mol. The maximum atomic E-state index is 12.2. The highest BCUT2D eigenvalue weighted by Gasteiger charge is 2.45. The maximum Gasteiger partial charge on any atom is 0.0872 e. The molecule has 0 bridgehead atoms. The topological polar surface area (TPSA) is 23.5 Å². The van der Waals surface area contributed by atoms with E-state index in [1.807, 2.05) is 0 Å². The summed E-state index contributed by atoms with van der Waals surface area (Å²) in [4.78, 5) is 2.21. The fourth-order valence-corrected chi connectivity index (χ4v) is 2.47. The Morgan fingerprint density at radius 3 is 2.92 bits per heavy atom. The van der Waals surface area contributed by atoms with Crippen LogP contribution in [0, 0.1) is 0 Å². The summed E-state index contributed by atoms with van der Waals surface area (Å²) in [6.45, 7) is 1.90. The highest BCUT2D eigenvalue weighted by atomic mass is 35.5. The second-order valence-electron chi connectivity index (χ2n) is 3.85. The Kier molecular flexibility index (Phi) is 3.33. The summed E-state index contributed by atoms with van der Waals surface area (Å²) >= 11 is 0. The maximum absolute atomic E-state index is 12.2. The van der Waals surface area contributed by atoms with Gasteiger partial charge in [0.15, 0.2) is 0 Å². The first-order chi connectivity index (χ1) is 5.80. The highest BCUT2D eigenvalue weighted by Crippen LogP contribution is 2.40. The van der Waals surface area contributed by atoms with Crippen molar-refractivity contribution in [2.45, 2.75) is 24.8 Å². The van der Waals surface area contributed by atoms with Gasteiger partial charge in [-0.15, -0.1) is 12.4 Å². The van der Waals surface area contributed by atoms with Crippen LogP contribution in [0.4, 0.5) is 4.39 Å². The van der Waals surface area contributed by atoms with Crippen LogP contribution >= 0.6 is 12.4 Å². The molecule has 2 aliphatic heterocycles. The quantitative estimate of drug-likeness (QED) is 0.705. The van der Waals surface area contributed by atoms with Gasteiger partial charge in [-0.2, -0.15) is 0 Å². The predicted octanol–water partition coefficient (Wildman–Crippen LogP) is 1.49. The lowest BCUT2D eigenvalue weighted by Crippen LogP contribution is -2.41. The molecule has 0 aromatic carbocycles. The highest BCUT2D eigenvalue weighted by molar-refractivity contribution is 5.85. The van der Waals surface area contributed by atoms with Crippen LogP contribution in [-0.2, 0) is 0 Å². The summed E-state index contributed by atoms with van der Waals surface area (Å²) in [6.07, 6.45) is 3.58. The number of rotatable bonds is 1. The first-order valence-corrected chi connectivity index (χ1v) is 4.45. The monoisotopic (exact) mass is 207 g/mol. The number of fused-ring (bicyclic) bond motifs is 1. The molecule has 0 aliphatic carbocycles. The molecule has 2 rings (SSSR count). The summed E-state index contributed by atoms with van der Waals surface area (Å²) in [5, 5.41) is 9.25. The van der Waals surface area contributed by atoms with E-state index < -0.39 is 0 Å². The van der Waals surface area contributed by atoms with Crippen molar-refractivity contribution < 1.29 is 9.50 Å². The van der Waals surface area contributed by atoms with Crippen molar-refractivity contribution in [3.05, 3.63) is 11.9 Å². The molecule has 0 spiro atoms. The van der Waals surface area contributed by atoms with Gasteiger partial charge in [-0.1, -0.05) is 0 Å². The molecule has 2 aliphatic rings. The van der Waals surface area contributed by atoms with Gasteiger partial charge in [0.25, 0.3) is 0 Å². The van der Waals surface area contributed by atoms with E-state index >= 15 is 0 Å². The number of aliphatic hydroxyl groups excluding tert-OH is 1. The van der Waals surface area contributed by atoms with E-state index in [0.29, 0.717) is 6.33 Å². The molecule has 1 atom stereocenters. The molecule has 0 radical (unpaired) electrons. The third-order valence-electron chi connectivity index (χ3n) is 3.14. The molecule has 76 valence electrons. The number of aliphatic hydroxyl groups is 1. The fraction of sp³-hybridized carbons (Fsp3) is 0.778. The minimum absolute atomic E-state index is 0. The third-order valence-corrected chi connectivity index (χ3v) is 3.14. The molecule has 4 heteroatoms. The Labute approximate surface area is 83.8 Å². The second-order valence-corrected chi connectivity index (χ2v) is 3.85. The van der Waals surface area contributed by atoms with Crippen LogP contribution in [0.15, 0.2) is 11.9 Å². The lowest BCUT2D eigenvalue weighted by molar-refractivity contribution is 0.1000. The Hall–Kier alpha value is -0.120. The number of halogens is 2. The standard InChI is InChI=1S/C9H14FNO.ClH/c10-5-8-4-9(7-12)2-1-3-11(9)6-8;/h5,12H,1-4,6-7H2;1H/b8-5-;/t9-;/m1./s1. The van der Waals surface area contributed by atoms with Crippen molar-refractivity contribution in [3.63, 3.8) is 0 Å². The Bertz CT molecular complexity index is 222. The van der Waals surface area contributed by atoms with Gasteiger partial charge in [-0.25, -0.2) is 4.39 Å². The summed E-state index contributed by atoms with van der Waals surface area (Å²) in [6, 6.07) is 0. The molecule has 0 aromatic heterocycles. The lowest BCUT2D eigenvalue weighted by Gasteiger charge is -2.28. The zero-order valence-electron chi connectivity index (χ0n) is 7.50. The molecule has 2 saturated heterocycles. The van der Waals surface area contributed by atoms with Crippen molar-refractivity contribution in [1.29, 1.82) is 0 Å². The van der Waals surface area contributed by atoms with Gasteiger partial charge in [0, 0.05) is 12.1 Å². The molecule has 0 unspecified atom stereocenters. The van der Waals surface area contributed by atoms with Crippen molar-refractivity contribution in [2.75, 3.05) is 19.7 Å². The van der Waals surface area contributed by atoms with Crippen LogP contribution in [0.25, 0.3) is 0 Å². The molecule has 0 saturated carbocycles. The lowest BCUT2D eigenvalue weighted by atomic mass is 9.94. The molecule has 2 heterocycles. The van der Waals surface area contributed by atoms with Crippen LogP contribution < -0.4 is 0 Å². The number of hydrogen-bond donors (Lipinski definition) is 1. The van der Waals surface area contributed by atoms with Gasteiger partial charge >= 0.3 is 0 Å². The van der Waals surface area contributed by atoms with Crippen molar-refractivity contribution in [3.8, 4) is 0 Å². The SMILES string of the molecule is Cl.OC[C@]12CCCN1C/C(=C\F)C2. The summed E-state index contributed by atoms with van der Waals surface area (Å²) in [5.41, 5.74) is 0.738. The average Bonchev–Trinajstić information content (AvgIpc) is 2.58. The Morgan fingerprint density at radius 1 is 1.62 bits per heavy atom. The first-order valence-electron chi connectivity index (χ1n) is 4.45. The average molecular weight is 208 g/mol. The van der Waals surface area contributed by atoms with Gasteiger partial charge in [0.1, 0.15) is 0 Å². The second kappa shape index (κ2) is 3.95. The molecule has 13 heavy (non-hydrogen) atoms. The minimum atomic E-state index is -0.0993. The molecule has 1 N–H and O–H groups in total. The van der Waals surface area contributed by atoms with Crippen molar-refractivity contribution >= 4 is 12.4 Å². The van der Waals surface area contributed by atoms with Crippen LogP contribution in [0.3, 0.4) is 0 Å². The van der Waals surface area contributed by atoms with E-state index in [0.717, 1.165) is 37.9 Å². The van der Waals surface area contributed by atoms with Crippen LogP contribution in [0.2, 0.25) is 0 Å². The fourth-order valence-electron chi connectivity index (χ4n) is 2.47. The minimum Gasteiger partial charge on any atom is -0.394 e. The van der Waals surface area contributed by atoms with E-state index in [1.54, 1.807) is 0 Å². The van der Waals surface area contributed by atoms with Crippen molar-refractivity contribution in [2.24, 2.45) is 0 Å². The van der Waals surface area contributed by atoms with E-state index in [-0.39, 0.29) is 24.6 Å². The number of hydrogen-bond acceptors (Lipinski definition) is 2. The summed E-state index contributed by atoms with van der Waals surface area (Å²) < 4.78 is 12.2. The van der Waals surface area contributed by atoms with E-state index in [4.69, 9.17) is 0 Å². The molecule has 0 aromatic rings. The van der Waals surface area contributed by atoms with Crippen LogP contribution in [0.5, 0.6) is 0 Å². The molecular weight excluding hydrogens is 193 g/mol. The van der Waals surface area contributed by atoms with E-state index in [2.05, 4.69) is 4.90 Å². The molecular formula is C9H15ClFNO. The first kappa shape index (κ1) is 11.0. The summed E-state index contributed by atoms with van der Waals surface area (Å²) in [5.74, 6) is 0. The van der Waals surface area contributed by atoms with Crippen LogP contribution in [0.1, 0.15) is 19.3 Å². The Balaban J connectivity index is 0.000000845. The molecule has 2 fully saturated rings. The van der Waals surface area contributed by atoms with E-state index in [9.17, 15) is 9.50 Å². The van der Waals surface area contributed by atoms with Gasteiger partial charge < -0.3 is 5.11 Å². The van der Waals surface area contributed by atoms with Gasteiger partial charge in [-0.3, -0.25) is 4.90 Å². The van der Waals surface area contributed by atoms with Crippen LogP contribution in [-0.4, -0.2) is 35.2 Å².